The molecule has 0 aromatic heterocycles. The smallest absolute Gasteiger partial charge is 0.224 e. The normalized spacial score (nSPS) is 10.2. The van der Waals surface area contributed by atoms with E-state index in [0.717, 1.165) is 4.47 Å². The summed E-state index contributed by atoms with van der Waals surface area (Å²) in [7, 11) is 0. The Morgan fingerprint density at radius 3 is 2.08 bits per heavy atom. The summed E-state index contributed by atoms with van der Waals surface area (Å²) in [5.74, 6) is -0.417. The van der Waals surface area contributed by atoms with Gasteiger partial charge in [-0.3, -0.25) is 14.4 Å². The highest BCUT2D eigenvalue weighted by molar-refractivity contribution is 9.10. The minimum absolute atomic E-state index is 0.0772. The third-order valence-corrected chi connectivity index (χ3v) is 4.03. The van der Waals surface area contributed by atoms with Crippen molar-refractivity contribution in [2.75, 3.05) is 10.6 Å². The zero-order chi connectivity index (χ0) is 18.2. The number of hydrogen-bond acceptors (Lipinski definition) is 3. The average molecular weight is 403 g/mol. The molecule has 0 heterocycles. The molecule has 0 saturated heterocycles. The SMILES string of the molecule is CCC(=O)Nc1cccc(NC(=O)CCC(=O)c2ccc(Br)cc2)c1. The Labute approximate surface area is 154 Å². The maximum atomic E-state index is 12.1. The monoisotopic (exact) mass is 402 g/mol. The number of Topliss-reactive ketones (excluding diaryl/α,β-unsaturated/α-hetero) is 1. The van der Waals surface area contributed by atoms with Gasteiger partial charge in [0.25, 0.3) is 0 Å². The Morgan fingerprint density at radius 2 is 1.48 bits per heavy atom. The first-order valence-electron chi connectivity index (χ1n) is 7.96. The molecule has 2 rings (SSSR count). The van der Waals surface area contributed by atoms with E-state index in [0.29, 0.717) is 23.4 Å². The summed E-state index contributed by atoms with van der Waals surface area (Å²) in [6, 6.07) is 14.0. The highest BCUT2D eigenvalue weighted by atomic mass is 79.9. The van der Waals surface area contributed by atoms with E-state index in [4.69, 9.17) is 0 Å². The summed E-state index contributed by atoms with van der Waals surface area (Å²) < 4.78 is 0.900. The number of amides is 2. The van der Waals surface area contributed by atoms with Crippen LogP contribution in [0.3, 0.4) is 0 Å². The third-order valence-electron chi connectivity index (χ3n) is 3.50. The Bertz CT molecular complexity index is 772. The summed E-state index contributed by atoms with van der Waals surface area (Å²) in [5.41, 5.74) is 1.78. The first-order valence-corrected chi connectivity index (χ1v) is 8.75. The lowest BCUT2D eigenvalue weighted by Gasteiger charge is -2.08. The van der Waals surface area contributed by atoms with Crippen LogP contribution >= 0.6 is 15.9 Å². The van der Waals surface area contributed by atoms with Gasteiger partial charge in [-0.05, 0) is 30.3 Å². The molecule has 0 spiro atoms. The molecule has 0 atom stereocenters. The van der Waals surface area contributed by atoms with Crippen LogP contribution in [-0.4, -0.2) is 17.6 Å². The van der Waals surface area contributed by atoms with E-state index in [-0.39, 0.29) is 30.4 Å². The van der Waals surface area contributed by atoms with Crippen molar-refractivity contribution in [2.45, 2.75) is 26.2 Å². The maximum absolute atomic E-state index is 12.1. The lowest BCUT2D eigenvalue weighted by molar-refractivity contribution is -0.116. The van der Waals surface area contributed by atoms with Crippen molar-refractivity contribution >= 4 is 44.9 Å². The lowest BCUT2D eigenvalue weighted by atomic mass is 10.1. The number of ketones is 1. The molecule has 25 heavy (non-hydrogen) atoms. The molecule has 0 bridgehead atoms. The number of anilines is 2. The van der Waals surface area contributed by atoms with Gasteiger partial charge in [-0.15, -0.1) is 0 Å². The van der Waals surface area contributed by atoms with E-state index < -0.39 is 0 Å². The molecule has 2 amide bonds. The van der Waals surface area contributed by atoms with Crippen molar-refractivity contribution in [3.8, 4) is 0 Å². The van der Waals surface area contributed by atoms with Gasteiger partial charge >= 0.3 is 0 Å². The third kappa shape index (κ3) is 6.15. The van der Waals surface area contributed by atoms with E-state index in [1.807, 2.05) is 0 Å². The molecular weight excluding hydrogens is 384 g/mol. The van der Waals surface area contributed by atoms with Crippen LogP contribution in [0.1, 0.15) is 36.5 Å². The predicted octanol–water partition coefficient (Wildman–Crippen LogP) is 4.40. The van der Waals surface area contributed by atoms with Gasteiger partial charge in [-0.1, -0.05) is 41.1 Å². The van der Waals surface area contributed by atoms with Gasteiger partial charge in [-0.25, -0.2) is 0 Å². The fraction of sp³-hybridized carbons (Fsp3) is 0.211. The molecule has 0 unspecified atom stereocenters. The zero-order valence-electron chi connectivity index (χ0n) is 13.8. The molecule has 6 heteroatoms. The van der Waals surface area contributed by atoms with Gasteiger partial charge in [0.2, 0.25) is 11.8 Å². The first kappa shape index (κ1) is 18.9. The van der Waals surface area contributed by atoms with Crippen LogP contribution < -0.4 is 10.6 Å². The highest BCUT2D eigenvalue weighted by Gasteiger charge is 2.10. The van der Waals surface area contributed by atoms with Crippen LogP contribution in [0.15, 0.2) is 53.0 Å². The van der Waals surface area contributed by atoms with Crippen molar-refractivity contribution < 1.29 is 14.4 Å². The van der Waals surface area contributed by atoms with Crippen LogP contribution in [0.2, 0.25) is 0 Å². The van der Waals surface area contributed by atoms with Crippen LogP contribution in [0, 0.1) is 0 Å². The Kier molecular flexibility index (Phi) is 6.89. The van der Waals surface area contributed by atoms with Gasteiger partial charge in [-0.2, -0.15) is 0 Å². The maximum Gasteiger partial charge on any atom is 0.224 e. The number of carbonyl (C=O) groups excluding carboxylic acids is 3. The second kappa shape index (κ2) is 9.13. The van der Waals surface area contributed by atoms with Gasteiger partial charge in [0, 0.05) is 40.7 Å². The molecule has 2 aromatic carbocycles. The van der Waals surface area contributed by atoms with Gasteiger partial charge in [0.1, 0.15) is 0 Å². The Balaban J connectivity index is 1.87. The summed E-state index contributed by atoms with van der Waals surface area (Å²) in [6.45, 7) is 1.77. The largest absolute Gasteiger partial charge is 0.326 e. The van der Waals surface area contributed by atoms with Crippen molar-refractivity contribution in [1.29, 1.82) is 0 Å². The quantitative estimate of drug-likeness (QED) is 0.673. The summed E-state index contributed by atoms with van der Waals surface area (Å²) in [6.07, 6.45) is 0.620. The number of carbonyl (C=O) groups is 3. The summed E-state index contributed by atoms with van der Waals surface area (Å²) in [4.78, 5) is 35.5. The van der Waals surface area contributed by atoms with Crippen LogP contribution in [-0.2, 0) is 9.59 Å². The van der Waals surface area contributed by atoms with E-state index in [1.165, 1.54) is 0 Å². The average Bonchev–Trinajstić information content (AvgIpc) is 2.60. The zero-order valence-corrected chi connectivity index (χ0v) is 15.4. The second-order valence-electron chi connectivity index (χ2n) is 5.46. The number of hydrogen-bond donors (Lipinski definition) is 2. The predicted molar refractivity (Wildman–Crippen MR) is 102 cm³/mol. The molecule has 0 fully saturated rings. The van der Waals surface area contributed by atoms with Crippen LogP contribution in [0.5, 0.6) is 0 Å². The van der Waals surface area contributed by atoms with Crippen molar-refractivity contribution in [3.63, 3.8) is 0 Å². The number of nitrogens with one attached hydrogen (secondary N) is 2. The standard InChI is InChI=1S/C19H19BrN2O3/c1-2-18(24)21-15-4-3-5-16(12-15)22-19(25)11-10-17(23)13-6-8-14(20)9-7-13/h3-9,12H,2,10-11H2,1H3,(H,21,24)(H,22,25). The topological polar surface area (TPSA) is 75.3 Å². The fourth-order valence-electron chi connectivity index (χ4n) is 2.15. The van der Waals surface area contributed by atoms with Crippen molar-refractivity contribution in [3.05, 3.63) is 58.6 Å². The number of rotatable bonds is 7. The minimum atomic E-state index is -0.246. The first-order chi connectivity index (χ1) is 12.0. The Hall–Kier alpha value is -2.47. The molecule has 0 aliphatic rings. The molecular formula is C19H19BrN2O3. The molecule has 0 saturated carbocycles. The Morgan fingerprint density at radius 1 is 0.880 bits per heavy atom. The molecule has 2 aromatic rings. The minimum Gasteiger partial charge on any atom is -0.326 e. The number of benzene rings is 2. The molecule has 0 radical (unpaired) electrons. The summed E-state index contributed by atoms with van der Waals surface area (Å²) in [5, 5.41) is 5.47. The van der Waals surface area contributed by atoms with Gasteiger partial charge < -0.3 is 10.6 Å². The second-order valence-corrected chi connectivity index (χ2v) is 6.38. The highest BCUT2D eigenvalue weighted by Crippen LogP contribution is 2.16. The van der Waals surface area contributed by atoms with E-state index in [2.05, 4.69) is 26.6 Å². The van der Waals surface area contributed by atoms with Crippen LogP contribution in [0.4, 0.5) is 11.4 Å². The number of halogens is 1. The van der Waals surface area contributed by atoms with E-state index in [1.54, 1.807) is 55.5 Å². The van der Waals surface area contributed by atoms with Crippen LogP contribution in [0.25, 0.3) is 0 Å². The van der Waals surface area contributed by atoms with Crippen molar-refractivity contribution in [2.24, 2.45) is 0 Å². The molecule has 5 nitrogen and oxygen atoms in total. The van der Waals surface area contributed by atoms with Gasteiger partial charge in [0.15, 0.2) is 5.78 Å². The molecule has 2 N–H and O–H groups in total. The molecule has 0 aliphatic carbocycles. The molecule has 130 valence electrons. The lowest BCUT2D eigenvalue weighted by Crippen LogP contribution is -2.14. The van der Waals surface area contributed by atoms with E-state index in [9.17, 15) is 14.4 Å². The van der Waals surface area contributed by atoms with Crippen molar-refractivity contribution in [1.82, 2.24) is 0 Å². The van der Waals surface area contributed by atoms with E-state index >= 15 is 0 Å². The molecule has 0 aliphatic heterocycles. The van der Waals surface area contributed by atoms with Gasteiger partial charge in [0.05, 0.1) is 0 Å². The summed E-state index contributed by atoms with van der Waals surface area (Å²) >= 11 is 3.32. The fourth-order valence-corrected chi connectivity index (χ4v) is 2.42.